The summed E-state index contributed by atoms with van der Waals surface area (Å²) in [5, 5.41) is 3.99. The number of pyridine rings is 1. The van der Waals surface area contributed by atoms with Gasteiger partial charge in [0, 0.05) is 24.2 Å². The maximum atomic E-state index is 12.3. The number of amides is 1. The molecule has 0 unspecified atom stereocenters. The number of nitrogens with one attached hydrogen (secondary N) is 1. The van der Waals surface area contributed by atoms with E-state index in [1.165, 1.54) is 25.9 Å². The molecule has 0 aliphatic carbocycles. The number of nitrogens with zero attached hydrogens (tertiary/aromatic N) is 2. The molecule has 20 heavy (non-hydrogen) atoms. The second-order valence-electron chi connectivity index (χ2n) is 5.73. The van der Waals surface area contributed by atoms with Crippen LogP contribution in [0.3, 0.4) is 0 Å². The SMILES string of the molecule is O=C(N[C@H]1CN2CCC1CC2)c1cc2cccnc2o1. The molecule has 1 N–H and O–H groups in total. The summed E-state index contributed by atoms with van der Waals surface area (Å²) < 4.78 is 5.51. The van der Waals surface area contributed by atoms with Crippen molar-refractivity contribution in [1.29, 1.82) is 0 Å². The number of piperidine rings is 3. The van der Waals surface area contributed by atoms with E-state index >= 15 is 0 Å². The Morgan fingerprint density at radius 3 is 2.95 bits per heavy atom. The Hall–Kier alpha value is -1.88. The highest BCUT2D eigenvalue weighted by molar-refractivity contribution is 5.95. The molecule has 5 heteroatoms. The number of furan rings is 1. The van der Waals surface area contributed by atoms with Crippen LogP contribution < -0.4 is 5.32 Å². The van der Waals surface area contributed by atoms with E-state index in [0.29, 0.717) is 17.4 Å². The molecular weight excluding hydrogens is 254 g/mol. The van der Waals surface area contributed by atoms with Crippen molar-refractivity contribution in [2.75, 3.05) is 19.6 Å². The van der Waals surface area contributed by atoms with Crippen molar-refractivity contribution in [3.63, 3.8) is 0 Å². The Bertz CT molecular complexity index is 610. The van der Waals surface area contributed by atoms with Crippen LogP contribution in [0, 0.1) is 5.92 Å². The molecule has 2 aromatic heterocycles. The van der Waals surface area contributed by atoms with E-state index in [0.717, 1.165) is 11.9 Å². The van der Waals surface area contributed by atoms with Crippen LogP contribution in [0.2, 0.25) is 0 Å². The summed E-state index contributed by atoms with van der Waals surface area (Å²) in [6.45, 7) is 3.31. The van der Waals surface area contributed by atoms with Crippen molar-refractivity contribution in [3.8, 4) is 0 Å². The molecule has 0 spiro atoms. The minimum atomic E-state index is -0.123. The molecule has 3 saturated heterocycles. The van der Waals surface area contributed by atoms with E-state index in [2.05, 4.69) is 15.2 Å². The Balaban J connectivity index is 1.52. The molecule has 5 nitrogen and oxygen atoms in total. The van der Waals surface area contributed by atoms with Crippen LogP contribution in [-0.4, -0.2) is 41.5 Å². The standard InChI is InChI=1S/C15H17N3O2/c19-14(13-8-11-2-1-5-16-15(11)20-13)17-12-9-18-6-3-10(12)4-7-18/h1-2,5,8,10,12H,3-4,6-7,9H2,(H,17,19)/t12-/m0/s1. The van der Waals surface area contributed by atoms with Crippen molar-refractivity contribution in [2.45, 2.75) is 18.9 Å². The van der Waals surface area contributed by atoms with Crippen LogP contribution in [0.4, 0.5) is 0 Å². The van der Waals surface area contributed by atoms with Gasteiger partial charge in [-0.05, 0) is 50.0 Å². The average molecular weight is 271 g/mol. The van der Waals surface area contributed by atoms with E-state index in [1.54, 1.807) is 12.3 Å². The van der Waals surface area contributed by atoms with Crippen LogP contribution in [0.5, 0.6) is 0 Å². The monoisotopic (exact) mass is 271 g/mol. The zero-order valence-electron chi connectivity index (χ0n) is 11.2. The number of fused-ring (bicyclic) bond motifs is 4. The van der Waals surface area contributed by atoms with E-state index in [1.807, 2.05) is 12.1 Å². The molecule has 5 heterocycles. The van der Waals surface area contributed by atoms with Crippen LogP contribution in [-0.2, 0) is 0 Å². The largest absolute Gasteiger partial charge is 0.433 e. The maximum Gasteiger partial charge on any atom is 0.287 e. The molecule has 3 aliphatic heterocycles. The second-order valence-corrected chi connectivity index (χ2v) is 5.73. The van der Waals surface area contributed by atoms with Crippen LogP contribution in [0.25, 0.3) is 11.1 Å². The predicted molar refractivity (Wildman–Crippen MR) is 74.4 cm³/mol. The third-order valence-corrected chi connectivity index (χ3v) is 4.49. The van der Waals surface area contributed by atoms with Crippen LogP contribution in [0.15, 0.2) is 28.8 Å². The Morgan fingerprint density at radius 1 is 1.40 bits per heavy atom. The van der Waals surface area contributed by atoms with Crippen LogP contribution in [0.1, 0.15) is 23.4 Å². The topological polar surface area (TPSA) is 58.4 Å². The quantitative estimate of drug-likeness (QED) is 0.902. The zero-order chi connectivity index (χ0) is 13.5. The molecular formula is C15H17N3O2. The third-order valence-electron chi connectivity index (χ3n) is 4.49. The molecule has 104 valence electrons. The number of hydrogen-bond acceptors (Lipinski definition) is 4. The van der Waals surface area contributed by atoms with Gasteiger partial charge < -0.3 is 14.6 Å². The lowest BCUT2D eigenvalue weighted by atomic mass is 9.84. The second kappa shape index (κ2) is 4.59. The Kier molecular flexibility index (Phi) is 2.73. The predicted octanol–water partition coefficient (Wildman–Crippen LogP) is 1.65. The van der Waals surface area contributed by atoms with Crippen molar-refractivity contribution >= 4 is 17.0 Å². The molecule has 2 bridgehead atoms. The normalized spacial score (nSPS) is 28.7. The van der Waals surface area contributed by atoms with Gasteiger partial charge in [0.15, 0.2) is 5.76 Å². The third kappa shape index (κ3) is 1.98. The van der Waals surface area contributed by atoms with Gasteiger partial charge in [0.05, 0.1) is 0 Å². The number of aromatic nitrogens is 1. The van der Waals surface area contributed by atoms with Crippen molar-refractivity contribution in [3.05, 3.63) is 30.2 Å². The van der Waals surface area contributed by atoms with Gasteiger partial charge >= 0.3 is 0 Å². The molecule has 2 aromatic rings. The fraction of sp³-hybridized carbons (Fsp3) is 0.467. The number of rotatable bonds is 2. The summed E-state index contributed by atoms with van der Waals surface area (Å²) in [4.78, 5) is 18.8. The summed E-state index contributed by atoms with van der Waals surface area (Å²) in [7, 11) is 0. The molecule has 3 aliphatic rings. The molecule has 0 saturated carbocycles. The lowest BCUT2D eigenvalue weighted by Crippen LogP contribution is -2.57. The molecule has 1 atom stereocenters. The van der Waals surface area contributed by atoms with Gasteiger partial charge in [-0.15, -0.1) is 0 Å². The van der Waals surface area contributed by atoms with Gasteiger partial charge in [0.25, 0.3) is 5.91 Å². The highest BCUT2D eigenvalue weighted by Crippen LogP contribution is 2.28. The van der Waals surface area contributed by atoms with Crippen molar-refractivity contribution in [1.82, 2.24) is 15.2 Å². The smallest absolute Gasteiger partial charge is 0.287 e. The lowest BCUT2D eigenvalue weighted by molar-refractivity contribution is 0.0607. The summed E-state index contributed by atoms with van der Waals surface area (Å²) in [5.74, 6) is 0.850. The first-order valence-corrected chi connectivity index (χ1v) is 7.17. The summed E-state index contributed by atoms with van der Waals surface area (Å²) in [6, 6.07) is 5.76. The number of hydrogen-bond donors (Lipinski definition) is 1. The molecule has 0 radical (unpaired) electrons. The van der Waals surface area contributed by atoms with E-state index in [-0.39, 0.29) is 11.9 Å². The lowest BCUT2D eigenvalue weighted by Gasteiger charge is -2.44. The van der Waals surface area contributed by atoms with Gasteiger partial charge in [-0.2, -0.15) is 0 Å². The van der Waals surface area contributed by atoms with Crippen molar-refractivity contribution in [2.24, 2.45) is 5.92 Å². The molecule has 5 rings (SSSR count). The van der Waals surface area contributed by atoms with Gasteiger partial charge in [0.2, 0.25) is 5.71 Å². The maximum absolute atomic E-state index is 12.3. The minimum absolute atomic E-state index is 0.123. The Morgan fingerprint density at radius 2 is 2.25 bits per heavy atom. The molecule has 1 amide bonds. The van der Waals surface area contributed by atoms with Gasteiger partial charge in [-0.25, -0.2) is 4.98 Å². The average Bonchev–Trinajstić information content (AvgIpc) is 2.92. The van der Waals surface area contributed by atoms with Crippen molar-refractivity contribution < 1.29 is 9.21 Å². The number of carbonyl (C=O) groups excluding carboxylic acids is 1. The fourth-order valence-corrected chi connectivity index (χ4v) is 3.35. The zero-order valence-corrected chi connectivity index (χ0v) is 11.2. The first-order valence-electron chi connectivity index (χ1n) is 7.17. The highest BCUT2D eigenvalue weighted by atomic mass is 16.4. The first-order chi connectivity index (χ1) is 9.79. The van der Waals surface area contributed by atoms with E-state index < -0.39 is 0 Å². The number of carbonyl (C=O) groups is 1. The van der Waals surface area contributed by atoms with E-state index in [9.17, 15) is 4.79 Å². The minimum Gasteiger partial charge on any atom is -0.433 e. The Labute approximate surface area is 117 Å². The van der Waals surface area contributed by atoms with Gasteiger partial charge in [-0.3, -0.25) is 4.79 Å². The van der Waals surface area contributed by atoms with E-state index in [4.69, 9.17) is 4.42 Å². The fourth-order valence-electron chi connectivity index (χ4n) is 3.35. The van der Waals surface area contributed by atoms with Gasteiger partial charge in [0.1, 0.15) is 0 Å². The first kappa shape index (κ1) is 11.9. The summed E-state index contributed by atoms with van der Waals surface area (Å²) in [6.07, 6.45) is 4.04. The molecule has 0 aromatic carbocycles. The highest BCUT2D eigenvalue weighted by Gasteiger charge is 2.35. The summed E-state index contributed by atoms with van der Waals surface area (Å²) >= 11 is 0. The van der Waals surface area contributed by atoms with Crippen LogP contribution >= 0.6 is 0 Å². The molecule has 3 fully saturated rings. The van der Waals surface area contributed by atoms with Gasteiger partial charge in [-0.1, -0.05) is 0 Å². The summed E-state index contributed by atoms with van der Waals surface area (Å²) in [5.41, 5.74) is 0.520.